The molecule has 0 bridgehead atoms. The van der Waals surface area contributed by atoms with Gasteiger partial charge in [-0.1, -0.05) is 17.7 Å². The van der Waals surface area contributed by atoms with Crippen LogP contribution in [0.5, 0.6) is 0 Å². The summed E-state index contributed by atoms with van der Waals surface area (Å²) in [6, 6.07) is 6.30. The average molecular weight is 362 g/mol. The number of hydrogen-bond donors (Lipinski definition) is 1. The molecule has 0 unspecified atom stereocenters. The lowest BCUT2D eigenvalue weighted by Crippen LogP contribution is -2.06. The number of aromatic nitrogens is 2. The monoisotopic (exact) mass is 361 g/mol. The molecule has 0 spiro atoms. The Morgan fingerprint density at radius 1 is 1.47 bits per heavy atom. The van der Waals surface area contributed by atoms with Gasteiger partial charge in [0.25, 0.3) is 0 Å². The van der Waals surface area contributed by atoms with Gasteiger partial charge in [0.2, 0.25) is 0 Å². The van der Waals surface area contributed by atoms with Gasteiger partial charge in [-0.15, -0.1) is 0 Å². The van der Waals surface area contributed by atoms with Gasteiger partial charge in [0.15, 0.2) is 0 Å². The fraction of sp³-hybridized carbons (Fsp3) is 0.250. The second-order valence-electron chi connectivity index (χ2n) is 3.87. The van der Waals surface area contributed by atoms with E-state index < -0.39 is 0 Å². The predicted octanol–water partition coefficient (Wildman–Crippen LogP) is 3.60. The Balaban J connectivity index is 2.07. The molecule has 0 fully saturated rings. The van der Waals surface area contributed by atoms with Crippen LogP contribution in [0.2, 0.25) is 5.15 Å². The van der Waals surface area contributed by atoms with E-state index in [2.05, 4.69) is 58.0 Å². The summed E-state index contributed by atoms with van der Waals surface area (Å²) in [5.74, 6) is 0.922. The van der Waals surface area contributed by atoms with Crippen LogP contribution >= 0.6 is 34.2 Å². The average Bonchev–Trinajstić information content (AvgIpc) is 2.62. The Bertz CT molecular complexity index is 537. The van der Waals surface area contributed by atoms with Crippen molar-refractivity contribution in [3.63, 3.8) is 0 Å². The quantitative estimate of drug-likeness (QED) is 0.847. The first kappa shape index (κ1) is 12.7. The third kappa shape index (κ3) is 2.93. The van der Waals surface area contributed by atoms with Crippen molar-refractivity contribution in [3.8, 4) is 0 Å². The molecule has 0 amide bonds. The van der Waals surface area contributed by atoms with E-state index in [1.165, 1.54) is 9.13 Å². The number of benzene rings is 1. The summed E-state index contributed by atoms with van der Waals surface area (Å²) >= 11 is 8.26. The molecule has 1 aromatic carbocycles. The Labute approximate surface area is 119 Å². The number of imidazole rings is 1. The molecule has 90 valence electrons. The number of halogens is 2. The molecule has 3 nitrogen and oxygen atoms in total. The molecule has 17 heavy (non-hydrogen) atoms. The van der Waals surface area contributed by atoms with Crippen molar-refractivity contribution in [1.82, 2.24) is 9.55 Å². The van der Waals surface area contributed by atoms with E-state index in [4.69, 9.17) is 11.6 Å². The number of rotatable bonds is 3. The van der Waals surface area contributed by atoms with Crippen LogP contribution in [0.3, 0.4) is 0 Å². The fourth-order valence-corrected chi connectivity index (χ4v) is 2.13. The van der Waals surface area contributed by atoms with Crippen LogP contribution in [-0.4, -0.2) is 9.55 Å². The molecule has 1 N–H and O–H groups in total. The Morgan fingerprint density at radius 2 is 2.24 bits per heavy atom. The van der Waals surface area contributed by atoms with Crippen molar-refractivity contribution < 1.29 is 0 Å². The summed E-state index contributed by atoms with van der Waals surface area (Å²) in [5.41, 5.74) is 2.38. The first-order chi connectivity index (χ1) is 8.08. The normalized spacial score (nSPS) is 10.6. The van der Waals surface area contributed by atoms with E-state index in [9.17, 15) is 0 Å². The molecule has 1 heterocycles. The highest BCUT2D eigenvalue weighted by Gasteiger charge is 2.04. The summed E-state index contributed by atoms with van der Waals surface area (Å²) < 4.78 is 3.12. The fourth-order valence-electron chi connectivity index (χ4n) is 1.47. The molecule has 2 aromatic rings. The maximum Gasteiger partial charge on any atom is 0.128 e. The third-order valence-electron chi connectivity index (χ3n) is 2.65. The summed E-state index contributed by atoms with van der Waals surface area (Å²) in [4.78, 5) is 4.24. The molecule has 5 heteroatoms. The molecule has 0 aliphatic heterocycles. The highest BCUT2D eigenvalue weighted by molar-refractivity contribution is 14.1. The SMILES string of the molecule is Cc1ccc(NCc2ncc(Cl)n2C)cc1I. The summed E-state index contributed by atoms with van der Waals surface area (Å²) in [6.07, 6.45) is 1.66. The molecule has 2 rings (SSSR count). The maximum absolute atomic E-state index is 5.93. The number of nitrogens with one attached hydrogen (secondary N) is 1. The second-order valence-corrected chi connectivity index (χ2v) is 5.42. The zero-order chi connectivity index (χ0) is 12.4. The smallest absolute Gasteiger partial charge is 0.128 e. The zero-order valence-corrected chi connectivity index (χ0v) is 12.6. The van der Waals surface area contributed by atoms with Gasteiger partial charge in [0.05, 0.1) is 12.7 Å². The topological polar surface area (TPSA) is 29.9 Å². The largest absolute Gasteiger partial charge is 0.378 e. The van der Waals surface area contributed by atoms with Crippen LogP contribution in [0.15, 0.2) is 24.4 Å². The van der Waals surface area contributed by atoms with E-state index in [0.717, 1.165) is 11.5 Å². The summed E-state index contributed by atoms with van der Waals surface area (Å²) in [5, 5.41) is 3.99. The lowest BCUT2D eigenvalue weighted by Gasteiger charge is -2.08. The zero-order valence-electron chi connectivity index (χ0n) is 9.67. The van der Waals surface area contributed by atoms with Gasteiger partial charge in [-0.25, -0.2) is 4.98 Å². The first-order valence-electron chi connectivity index (χ1n) is 5.24. The molecular formula is C12H13ClIN3. The standard InChI is InChI=1S/C12H13ClIN3/c1-8-3-4-9(5-10(8)14)15-7-12-16-6-11(13)17(12)2/h3-6,15H,7H2,1-2H3. The number of nitrogens with zero attached hydrogens (tertiary/aromatic N) is 2. The van der Waals surface area contributed by atoms with Crippen molar-refractivity contribution in [2.45, 2.75) is 13.5 Å². The molecule has 0 aliphatic carbocycles. The lowest BCUT2D eigenvalue weighted by molar-refractivity contribution is 0.813. The van der Waals surface area contributed by atoms with Gasteiger partial charge in [-0.2, -0.15) is 0 Å². The van der Waals surface area contributed by atoms with Gasteiger partial charge in [0, 0.05) is 16.3 Å². The van der Waals surface area contributed by atoms with Crippen LogP contribution < -0.4 is 5.32 Å². The molecule has 0 atom stereocenters. The number of aryl methyl sites for hydroxylation is 1. The van der Waals surface area contributed by atoms with E-state index in [1.54, 1.807) is 6.20 Å². The summed E-state index contributed by atoms with van der Waals surface area (Å²) in [6.45, 7) is 2.77. The van der Waals surface area contributed by atoms with Gasteiger partial charge in [-0.3, -0.25) is 0 Å². The Hall–Kier alpha value is -0.750. The van der Waals surface area contributed by atoms with E-state index in [0.29, 0.717) is 11.7 Å². The highest BCUT2D eigenvalue weighted by atomic mass is 127. The van der Waals surface area contributed by atoms with Gasteiger partial charge >= 0.3 is 0 Å². The highest BCUT2D eigenvalue weighted by Crippen LogP contribution is 2.18. The van der Waals surface area contributed by atoms with Crippen LogP contribution in [0.1, 0.15) is 11.4 Å². The van der Waals surface area contributed by atoms with Crippen molar-refractivity contribution in [1.29, 1.82) is 0 Å². The first-order valence-corrected chi connectivity index (χ1v) is 6.69. The summed E-state index contributed by atoms with van der Waals surface area (Å²) in [7, 11) is 1.91. The Kier molecular flexibility index (Phi) is 3.93. The molecule has 0 saturated heterocycles. The van der Waals surface area contributed by atoms with E-state index in [1.807, 2.05) is 11.6 Å². The maximum atomic E-state index is 5.93. The molecule has 0 aliphatic rings. The van der Waals surface area contributed by atoms with Crippen LogP contribution in [0.4, 0.5) is 5.69 Å². The van der Waals surface area contributed by atoms with Crippen molar-refractivity contribution in [2.75, 3.05) is 5.32 Å². The second kappa shape index (κ2) is 5.27. The van der Waals surface area contributed by atoms with Crippen LogP contribution in [0, 0.1) is 10.5 Å². The molecule has 1 aromatic heterocycles. The van der Waals surface area contributed by atoms with Gasteiger partial charge < -0.3 is 9.88 Å². The minimum atomic E-state index is 0.653. The number of anilines is 1. The van der Waals surface area contributed by atoms with Crippen molar-refractivity contribution in [3.05, 3.63) is 44.5 Å². The third-order valence-corrected chi connectivity index (χ3v) is 4.16. The van der Waals surface area contributed by atoms with E-state index in [-0.39, 0.29) is 0 Å². The minimum absolute atomic E-state index is 0.653. The van der Waals surface area contributed by atoms with Gasteiger partial charge in [-0.05, 0) is 47.2 Å². The van der Waals surface area contributed by atoms with Crippen molar-refractivity contribution in [2.24, 2.45) is 7.05 Å². The van der Waals surface area contributed by atoms with Gasteiger partial charge in [0.1, 0.15) is 11.0 Å². The van der Waals surface area contributed by atoms with E-state index >= 15 is 0 Å². The predicted molar refractivity (Wildman–Crippen MR) is 79.4 cm³/mol. The Morgan fingerprint density at radius 3 is 2.82 bits per heavy atom. The molecule has 0 radical (unpaired) electrons. The molecular weight excluding hydrogens is 349 g/mol. The van der Waals surface area contributed by atoms with Crippen molar-refractivity contribution >= 4 is 39.9 Å². The van der Waals surface area contributed by atoms with Crippen LogP contribution in [-0.2, 0) is 13.6 Å². The minimum Gasteiger partial charge on any atom is -0.378 e. The lowest BCUT2D eigenvalue weighted by atomic mass is 10.2. The van der Waals surface area contributed by atoms with Crippen LogP contribution in [0.25, 0.3) is 0 Å². The number of hydrogen-bond acceptors (Lipinski definition) is 2. The molecule has 0 saturated carbocycles.